The highest BCUT2D eigenvalue weighted by Gasteiger charge is 2.11. The number of aromatic amines is 1. The van der Waals surface area contributed by atoms with Gasteiger partial charge in [0.2, 0.25) is 11.8 Å². The first kappa shape index (κ1) is 17.5. The van der Waals surface area contributed by atoms with Crippen molar-refractivity contribution in [3.63, 3.8) is 0 Å². The number of H-pyrrole nitrogens is 1. The normalized spacial score (nSPS) is 10.5. The minimum Gasteiger partial charge on any atom is -0.361 e. The lowest BCUT2D eigenvalue weighted by atomic mass is 10.1. The van der Waals surface area contributed by atoms with Gasteiger partial charge < -0.3 is 15.2 Å². The monoisotopic (exact) mass is 347 g/mol. The highest BCUT2D eigenvalue weighted by atomic mass is 16.2. The van der Waals surface area contributed by atoms with E-state index in [9.17, 15) is 9.59 Å². The topological polar surface area (TPSA) is 65.2 Å². The molecule has 0 radical (unpaired) electrons. The predicted molar refractivity (Wildman–Crippen MR) is 104 cm³/mol. The third-order valence-corrected chi connectivity index (χ3v) is 4.20. The van der Waals surface area contributed by atoms with Crippen LogP contribution in [0.15, 0.2) is 67.4 Å². The van der Waals surface area contributed by atoms with Gasteiger partial charge in [-0.2, -0.15) is 0 Å². The van der Waals surface area contributed by atoms with E-state index in [0.29, 0.717) is 12.2 Å². The van der Waals surface area contributed by atoms with Gasteiger partial charge in [-0.1, -0.05) is 30.8 Å². The zero-order valence-electron chi connectivity index (χ0n) is 14.7. The van der Waals surface area contributed by atoms with Gasteiger partial charge in [-0.25, -0.2) is 0 Å². The van der Waals surface area contributed by atoms with Crippen LogP contribution in [0.2, 0.25) is 0 Å². The molecule has 26 heavy (non-hydrogen) atoms. The van der Waals surface area contributed by atoms with Gasteiger partial charge >= 0.3 is 0 Å². The zero-order chi connectivity index (χ0) is 18.5. The Balaban J connectivity index is 1.64. The van der Waals surface area contributed by atoms with Gasteiger partial charge in [0.1, 0.15) is 0 Å². The minimum atomic E-state index is -0.273. The summed E-state index contributed by atoms with van der Waals surface area (Å²) in [5.74, 6) is -0.255. The Kier molecular flexibility index (Phi) is 5.17. The van der Waals surface area contributed by atoms with E-state index in [1.165, 1.54) is 6.08 Å². The van der Waals surface area contributed by atoms with Crippen LogP contribution in [-0.4, -0.2) is 28.7 Å². The Bertz CT molecular complexity index is 959. The minimum absolute atomic E-state index is 0.0174. The van der Waals surface area contributed by atoms with Gasteiger partial charge in [0.05, 0.1) is 6.42 Å². The number of carbonyl (C=O) groups excluding carboxylic acids is 2. The average molecular weight is 347 g/mol. The third-order valence-electron chi connectivity index (χ3n) is 4.20. The van der Waals surface area contributed by atoms with Crippen LogP contribution in [-0.2, 0) is 22.6 Å². The molecule has 0 aliphatic carbocycles. The molecule has 3 aromatic rings. The van der Waals surface area contributed by atoms with Gasteiger partial charge in [0.25, 0.3) is 0 Å². The number of amides is 2. The highest BCUT2D eigenvalue weighted by Crippen LogP contribution is 2.16. The SMILES string of the molecule is C=CC(=O)Nc1cccc(CC(=O)N(C)Cc2ccc3cc[nH]c3c2)c1. The molecule has 0 atom stereocenters. The second-order valence-corrected chi connectivity index (χ2v) is 6.22. The molecule has 0 fully saturated rings. The summed E-state index contributed by atoms with van der Waals surface area (Å²) in [6, 6.07) is 15.4. The maximum atomic E-state index is 12.5. The van der Waals surface area contributed by atoms with E-state index in [1.807, 2.05) is 36.5 Å². The lowest BCUT2D eigenvalue weighted by molar-refractivity contribution is -0.129. The summed E-state index contributed by atoms with van der Waals surface area (Å²) in [7, 11) is 1.80. The molecule has 1 heterocycles. The van der Waals surface area contributed by atoms with Crippen molar-refractivity contribution in [3.8, 4) is 0 Å². The van der Waals surface area contributed by atoms with Crippen LogP contribution < -0.4 is 5.32 Å². The number of benzene rings is 2. The van der Waals surface area contributed by atoms with Gasteiger partial charge in [-0.3, -0.25) is 9.59 Å². The number of aromatic nitrogens is 1. The molecule has 2 aromatic carbocycles. The molecule has 0 spiro atoms. The highest BCUT2D eigenvalue weighted by molar-refractivity contribution is 5.99. The first-order valence-electron chi connectivity index (χ1n) is 8.37. The molecule has 0 aliphatic heterocycles. The Morgan fingerprint density at radius 2 is 2.00 bits per heavy atom. The first-order chi connectivity index (χ1) is 12.5. The van der Waals surface area contributed by atoms with Crippen molar-refractivity contribution in [3.05, 3.63) is 78.5 Å². The van der Waals surface area contributed by atoms with Crippen molar-refractivity contribution in [1.29, 1.82) is 0 Å². The lowest BCUT2D eigenvalue weighted by Crippen LogP contribution is -2.27. The molecule has 0 aliphatic rings. The molecular weight excluding hydrogens is 326 g/mol. The van der Waals surface area contributed by atoms with Crippen molar-refractivity contribution in [1.82, 2.24) is 9.88 Å². The number of rotatable bonds is 6. The smallest absolute Gasteiger partial charge is 0.247 e. The van der Waals surface area contributed by atoms with Crippen LogP contribution in [0.25, 0.3) is 10.9 Å². The summed E-state index contributed by atoms with van der Waals surface area (Å²) in [4.78, 5) is 28.8. The van der Waals surface area contributed by atoms with Crippen LogP contribution in [0, 0.1) is 0 Å². The van der Waals surface area contributed by atoms with E-state index in [4.69, 9.17) is 0 Å². The summed E-state index contributed by atoms with van der Waals surface area (Å²) in [5.41, 5.74) is 3.64. The van der Waals surface area contributed by atoms with Crippen LogP contribution in [0.1, 0.15) is 11.1 Å². The van der Waals surface area contributed by atoms with Crippen molar-refractivity contribution >= 4 is 28.4 Å². The summed E-state index contributed by atoms with van der Waals surface area (Å²) in [6.45, 7) is 3.97. The van der Waals surface area contributed by atoms with Gasteiger partial charge in [-0.05, 0) is 46.9 Å². The van der Waals surface area contributed by atoms with Gasteiger partial charge in [-0.15, -0.1) is 0 Å². The molecule has 2 amide bonds. The van der Waals surface area contributed by atoms with Crippen LogP contribution in [0.4, 0.5) is 5.69 Å². The zero-order valence-corrected chi connectivity index (χ0v) is 14.7. The standard InChI is InChI=1S/C21H21N3O2/c1-3-20(25)23-18-6-4-5-15(11-18)13-21(26)24(2)14-16-7-8-17-9-10-22-19(17)12-16/h3-12,22H,1,13-14H2,2H3,(H,23,25). The largest absolute Gasteiger partial charge is 0.361 e. The predicted octanol–water partition coefficient (Wildman–Crippen LogP) is 3.49. The number of hydrogen-bond acceptors (Lipinski definition) is 2. The fourth-order valence-corrected chi connectivity index (χ4v) is 2.82. The second kappa shape index (κ2) is 7.70. The Hall–Kier alpha value is -3.34. The van der Waals surface area contributed by atoms with E-state index >= 15 is 0 Å². The fourth-order valence-electron chi connectivity index (χ4n) is 2.82. The van der Waals surface area contributed by atoms with E-state index in [-0.39, 0.29) is 18.2 Å². The molecular formula is C21H21N3O2. The first-order valence-corrected chi connectivity index (χ1v) is 8.37. The number of nitrogens with one attached hydrogen (secondary N) is 2. The van der Waals surface area contributed by atoms with Crippen molar-refractivity contribution < 1.29 is 9.59 Å². The van der Waals surface area contributed by atoms with Gasteiger partial charge in [0.15, 0.2) is 0 Å². The van der Waals surface area contributed by atoms with Crippen LogP contribution in [0.5, 0.6) is 0 Å². The Labute approximate surface area is 152 Å². The fraction of sp³-hybridized carbons (Fsp3) is 0.143. The summed E-state index contributed by atoms with van der Waals surface area (Å²) in [6.07, 6.45) is 3.40. The molecule has 0 saturated heterocycles. The maximum absolute atomic E-state index is 12.5. The lowest BCUT2D eigenvalue weighted by Gasteiger charge is -2.18. The van der Waals surface area contributed by atoms with E-state index < -0.39 is 0 Å². The van der Waals surface area contributed by atoms with Crippen molar-refractivity contribution in [2.24, 2.45) is 0 Å². The molecule has 2 N–H and O–H groups in total. The van der Waals surface area contributed by atoms with Crippen LogP contribution >= 0.6 is 0 Å². The number of likely N-dealkylation sites (N-methyl/N-ethyl adjacent to an activating group) is 1. The number of nitrogens with zero attached hydrogens (tertiary/aromatic N) is 1. The van der Waals surface area contributed by atoms with Crippen LogP contribution in [0.3, 0.4) is 0 Å². The van der Waals surface area contributed by atoms with E-state index in [2.05, 4.69) is 22.9 Å². The Morgan fingerprint density at radius 3 is 2.81 bits per heavy atom. The second-order valence-electron chi connectivity index (χ2n) is 6.22. The third kappa shape index (κ3) is 4.19. The Morgan fingerprint density at radius 1 is 1.15 bits per heavy atom. The quantitative estimate of drug-likeness (QED) is 0.670. The molecule has 1 aromatic heterocycles. The molecule has 132 valence electrons. The van der Waals surface area contributed by atoms with E-state index in [0.717, 1.165) is 22.0 Å². The molecule has 5 heteroatoms. The molecule has 3 rings (SSSR count). The number of hydrogen-bond donors (Lipinski definition) is 2. The maximum Gasteiger partial charge on any atom is 0.247 e. The molecule has 5 nitrogen and oxygen atoms in total. The number of fused-ring (bicyclic) bond motifs is 1. The molecule has 0 bridgehead atoms. The van der Waals surface area contributed by atoms with Gasteiger partial charge in [0, 0.05) is 31.0 Å². The number of anilines is 1. The van der Waals surface area contributed by atoms with E-state index in [1.54, 1.807) is 24.1 Å². The number of carbonyl (C=O) groups is 2. The summed E-state index contributed by atoms with van der Waals surface area (Å²) < 4.78 is 0. The summed E-state index contributed by atoms with van der Waals surface area (Å²) >= 11 is 0. The average Bonchev–Trinajstić information content (AvgIpc) is 3.09. The molecule has 0 unspecified atom stereocenters. The van der Waals surface area contributed by atoms with Crippen molar-refractivity contribution in [2.75, 3.05) is 12.4 Å². The summed E-state index contributed by atoms with van der Waals surface area (Å²) in [5, 5.41) is 3.86. The van der Waals surface area contributed by atoms with Crippen molar-refractivity contribution in [2.45, 2.75) is 13.0 Å². The molecule has 0 saturated carbocycles.